The Morgan fingerprint density at radius 1 is 1.04 bits per heavy atom. The zero-order chi connectivity index (χ0) is 17.1. The topological polar surface area (TPSA) is 48.1 Å². The van der Waals surface area contributed by atoms with Crippen LogP contribution in [0, 0.1) is 28.6 Å². The molecule has 0 radical (unpaired) electrons. The standard InChI is InChI=1S/C21H30O4/c1-18-5-3-14-13(17(18)15(22)4-6-18)11-16-21(25-16)8-7-20(12-19(14,21)2)23-9-10-24-20/h13-14,16-17H,3-12H2,1-2H3/t13?,14?,16?,17?,18-,19-,21?/m1/s1. The van der Waals surface area contributed by atoms with Gasteiger partial charge in [-0.25, -0.2) is 0 Å². The van der Waals surface area contributed by atoms with Gasteiger partial charge in [-0.2, -0.15) is 0 Å². The Morgan fingerprint density at radius 2 is 1.84 bits per heavy atom. The molecule has 0 aromatic rings. The fraction of sp³-hybridized carbons (Fsp3) is 0.952. The van der Waals surface area contributed by atoms with Crippen LogP contribution >= 0.6 is 0 Å². The quantitative estimate of drug-likeness (QED) is 0.630. The van der Waals surface area contributed by atoms with E-state index in [1.54, 1.807) is 0 Å². The first-order valence-electron chi connectivity index (χ1n) is 10.4. The average molecular weight is 346 g/mol. The van der Waals surface area contributed by atoms with E-state index in [1.165, 1.54) is 12.8 Å². The average Bonchev–Trinajstić information content (AvgIpc) is 2.95. The smallest absolute Gasteiger partial charge is 0.169 e. The van der Waals surface area contributed by atoms with Crippen LogP contribution in [0.5, 0.6) is 0 Å². The fourth-order valence-corrected chi connectivity index (χ4v) is 8.24. The van der Waals surface area contributed by atoms with Crippen LogP contribution in [0.3, 0.4) is 0 Å². The molecule has 138 valence electrons. The van der Waals surface area contributed by atoms with Crippen molar-refractivity contribution >= 4 is 5.78 Å². The third-order valence-electron chi connectivity index (χ3n) is 9.43. The lowest BCUT2D eigenvalue weighted by Crippen LogP contribution is -2.61. The van der Waals surface area contributed by atoms with Crippen LogP contribution in [0.4, 0.5) is 0 Å². The number of hydrogen-bond donors (Lipinski definition) is 0. The molecule has 6 fully saturated rings. The van der Waals surface area contributed by atoms with Gasteiger partial charge in [0, 0.05) is 30.6 Å². The second kappa shape index (κ2) is 4.51. The summed E-state index contributed by atoms with van der Waals surface area (Å²) in [6.45, 7) is 6.27. The molecule has 2 heterocycles. The van der Waals surface area contributed by atoms with E-state index in [4.69, 9.17) is 14.2 Å². The summed E-state index contributed by atoms with van der Waals surface area (Å²) in [6, 6.07) is 0. The lowest BCUT2D eigenvalue weighted by Gasteiger charge is -2.59. The summed E-state index contributed by atoms with van der Waals surface area (Å²) >= 11 is 0. The fourth-order valence-electron chi connectivity index (χ4n) is 8.24. The minimum atomic E-state index is -0.376. The summed E-state index contributed by atoms with van der Waals surface area (Å²) in [6.07, 6.45) is 8.82. The molecule has 2 aliphatic heterocycles. The molecule has 0 N–H and O–H groups in total. The molecular formula is C21H30O4. The van der Waals surface area contributed by atoms with Gasteiger partial charge < -0.3 is 14.2 Å². The first-order chi connectivity index (χ1) is 11.9. The van der Waals surface area contributed by atoms with Crippen molar-refractivity contribution in [1.82, 2.24) is 0 Å². The Kier molecular flexibility index (Phi) is 2.81. The number of ether oxygens (including phenoxy) is 3. The number of ketones is 1. The van der Waals surface area contributed by atoms with Crippen LogP contribution in [0.1, 0.15) is 65.2 Å². The minimum absolute atomic E-state index is 0.0458. The molecule has 4 heteroatoms. The van der Waals surface area contributed by atoms with Gasteiger partial charge in [0.1, 0.15) is 11.4 Å². The van der Waals surface area contributed by atoms with Gasteiger partial charge in [0.05, 0.1) is 19.3 Å². The van der Waals surface area contributed by atoms with Crippen LogP contribution in [0.15, 0.2) is 0 Å². The summed E-state index contributed by atoms with van der Waals surface area (Å²) in [5, 5.41) is 0. The second-order valence-electron chi connectivity index (χ2n) is 10.3. The third-order valence-corrected chi connectivity index (χ3v) is 9.43. The maximum absolute atomic E-state index is 12.8. The van der Waals surface area contributed by atoms with Crippen molar-refractivity contribution in [2.45, 2.75) is 82.7 Å². The number of carbonyl (C=O) groups excluding carboxylic acids is 1. The van der Waals surface area contributed by atoms with E-state index in [1.807, 2.05) is 0 Å². The highest BCUT2D eigenvalue weighted by atomic mass is 16.7. The molecule has 0 aromatic heterocycles. The van der Waals surface area contributed by atoms with Gasteiger partial charge in [0.25, 0.3) is 0 Å². The summed E-state index contributed by atoms with van der Waals surface area (Å²) in [5.74, 6) is 1.52. The van der Waals surface area contributed by atoms with Crippen LogP contribution in [-0.2, 0) is 19.0 Å². The normalized spacial score (nSPS) is 58.4. The van der Waals surface area contributed by atoms with Gasteiger partial charge in [-0.1, -0.05) is 13.8 Å². The summed E-state index contributed by atoms with van der Waals surface area (Å²) in [7, 11) is 0. The minimum Gasteiger partial charge on any atom is -0.365 e. The Bertz CT molecular complexity index is 640. The molecule has 0 bridgehead atoms. The van der Waals surface area contributed by atoms with Crippen LogP contribution in [-0.4, -0.2) is 36.5 Å². The van der Waals surface area contributed by atoms with E-state index < -0.39 is 0 Å². The molecule has 7 atom stereocenters. The van der Waals surface area contributed by atoms with Crippen molar-refractivity contribution in [3.63, 3.8) is 0 Å². The molecule has 5 unspecified atom stereocenters. The first kappa shape index (κ1) is 15.6. The van der Waals surface area contributed by atoms with Gasteiger partial charge in [0.15, 0.2) is 5.79 Å². The highest BCUT2D eigenvalue weighted by Gasteiger charge is 2.78. The predicted octanol–water partition coefficient (Wildman–Crippen LogP) is 3.47. The molecule has 2 spiro atoms. The maximum atomic E-state index is 12.8. The zero-order valence-electron chi connectivity index (χ0n) is 15.5. The molecule has 4 nitrogen and oxygen atoms in total. The van der Waals surface area contributed by atoms with E-state index in [-0.39, 0.29) is 28.1 Å². The molecule has 6 rings (SSSR count). The highest BCUT2D eigenvalue weighted by molar-refractivity contribution is 5.84. The molecular weight excluding hydrogens is 316 g/mol. The molecule has 0 amide bonds. The van der Waals surface area contributed by atoms with Gasteiger partial charge in [0.2, 0.25) is 0 Å². The number of hydrogen-bond acceptors (Lipinski definition) is 4. The van der Waals surface area contributed by atoms with Crippen LogP contribution in [0.2, 0.25) is 0 Å². The van der Waals surface area contributed by atoms with E-state index in [9.17, 15) is 4.79 Å². The molecule has 2 saturated heterocycles. The summed E-state index contributed by atoms with van der Waals surface area (Å²) < 4.78 is 18.7. The van der Waals surface area contributed by atoms with Crippen LogP contribution < -0.4 is 0 Å². The van der Waals surface area contributed by atoms with Crippen molar-refractivity contribution in [1.29, 1.82) is 0 Å². The Labute approximate surface area is 150 Å². The van der Waals surface area contributed by atoms with E-state index in [0.717, 1.165) is 51.7 Å². The van der Waals surface area contributed by atoms with Crippen molar-refractivity contribution in [2.24, 2.45) is 28.6 Å². The third kappa shape index (κ3) is 1.73. The Morgan fingerprint density at radius 3 is 2.64 bits per heavy atom. The van der Waals surface area contributed by atoms with Crippen molar-refractivity contribution in [3.05, 3.63) is 0 Å². The lowest BCUT2D eigenvalue weighted by atomic mass is 9.44. The second-order valence-corrected chi connectivity index (χ2v) is 10.3. The van der Waals surface area contributed by atoms with Gasteiger partial charge in [-0.15, -0.1) is 0 Å². The molecule has 6 aliphatic rings. The van der Waals surface area contributed by atoms with E-state index >= 15 is 0 Å². The summed E-state index contributed by atoms with van der Waals surface area (Å²) in [4.78, 5) is 12.8. The Hall–Kier alpha value is -0.450. The van der Waals surface area contributed by atoms with Gasteiger partial charge in [-0.05, 0) is 49.4 Å². The number of Topliss-reactive ketones (excluding diaryl/α,β-unsaturated/α-hetero) is 1. The zero-order valence-corrected chi connectivity index (χ0v) is 15.5. The largest absolute Gasteiger partial charge is 0.365 e. The molecule has 25 heavy (non-hydrogen) atoms. The van der Waals surface area contributed by atoms with Gasteiger partial charge in [-0.3, -0.25) is 4.79 Å². The van der Waals surface area contributed by atoms with Crippen molar-refractivity contribution < 1.29 is 19.0 Å². The summed E-state index contributed by atoms with van der Waals surface area (Å²) in [5.41, 5.74) is 0.383. The maximum Gasteiger partial charge on any atom is 0.169 e. The first-order valence-corrected chi connectivity index (χ1v) is 10.4. The SMILES string of the molecule is C[C@@]12CCC(=O)C1C1CC3OC34CCC3(C[C@]4(C)C1CC2)OCCO3. The Balaban J connectivity index is 1.40. The molecule has 0 aromatic carbocycles. The predicted molar refractivity (Wildman–Crippen MR) is 90.9 cm³/mol. The number of fused-ring (bicyclic) bond motifs is 4. The van der Waals surface area contributed by atoms with E-state index in [2.05, 4.69) is 13.8 Å². The van der Waals surface area contributed by atoms with Crippen LogP contribution in [0.25, 0.3) is 0 Å². The van der Waals surface area contributed by atoms with E-state index in [0.29, 0.717) is 23.7 Å². The van der Waals surface area contributed by atoms with Gasteiger partial charge >= 0.3 is 0 Å². The number of epoxide rings is 1. The van der Waals surface area contributed by atoms with Crippen molar-refractivity contribution in [3.8, 4) is 0 Å². The number of rotatable bonds is 0. The lowest BCUT2D eigenvalue weighted by molar-refractivity contribution is -0.234. The monoisotopic (exact) mass is 346 g/mol. The molecule has 4 aliphatic carbocycles. The highest BCUT2D eigenvalue weighted by Crippen LogP contribution is 2.74. The molecule has 4 saturated carbocycles. The van der Waals surface area contributed by atoms with Crippen molar-refractivity contribution in [2.75, 3.05) is 13.2 Å². The number of carbonyl (C=O) groups is 1.